The van der Waals surface area contributed by atoms with Crippen LogP contribution in [0.25, 0.3) is 0 Å². The van der Waals surface area contributed by atoms with Gasteiger partial charge in [0, 0.05) is 5.56 Å². The molecule has 0 unspecified atom stereocenters. The SMILES string of the molecule is CCOC(=NCc1ccc2c(c1)OCO2)NC(=O)c1cccc(OC)c1. The lowest BCUT2D eigenvalue weighted by Gasteiger charge is -2.10. The van der Waals surface area contributed by atoms with Gasteiger partial charge in [-0.05, 0) is 42.8 Å². The van der Waals surface area contributed by atoms with E-state index < -0.39 is 0 Å². The minimum absolute atomic E-state index is 0.165. The Bertz CT molecular complexity index is 819. The lowest BCUT2D eigenvalue weighted by molar-refractivity contribution is 0.0965. The lowest BCUT2D eigenvalue weighted by Crippen LogP contribution is -2.32. The Morgan fingerprint density at radius 2 is 2.04 bits per heavy atom. The number of nitrogens with zero attached hydrogens (tertiary/aromatic N) is 1. The zero-order valence-corrected chi connectivity index (χ0v) is 14.7. The molecule has 1 amide bonds. The van der Waals surface area contributed by atoms with Crippen molar-refractivity contribution in [3.63, 3.8) is 0 Å². The molecule has 3 rings (SSSR count). The monoisotopic (exact) mass is 356 g/mol. The number of fused-ring (bicyclic) bond motifs is 1. The normalized spacial score (nSPS) is 12.6. The molecule has 1 heterocycles. The molecule has 0 saturated heterocycles. The van der Waals surface area contributed by atoms with Gasteiger partial charge in [-0.15, -0.1) is 0 Å². The second-order valence-corrected chi connectivity index (χ2v) is 5.43. The van der Waals surface area contributed by atoms with Crippen molar-refractivity contribution in [3.05, 3.63) is 53.6 Å². The molecule has 0 saturated carbocycles. The topological polar surface area (TPSA) is 78.4 Å². The molecule has 1 N–H and O–H groups in total. The number of ether oxygens (including phenoxy) is 4. The molecular formula is C19H20N2O5. The fourth-order valence-electron chi connectivity index (χ4n) is 2.39. The van der Waals surface area contributed by atoms with E-state index in [1.807, 2.05) is 25.1 Å². The van der Waals surface area contributed by atoms with Crippen LogP contribution in [0.3, 0.4) is 0 Å². The highest BCUT2D eigenvalue weighted by molar-refractivity contribution is 6.04. The van der Waals surface area contributed by atoms with Gasteiger partial charge in [-0.1, -0.05) is 12.1 Å². The zero-order valence-electron chi connectivity index (χ0n) is 14.7. The molecular weight excluding hydrogens is 336 g/mol. The molecule has 2 aromatic carbocycles. The van der Waals surface area contributed by atoms with Crippen LogP contribution in [0.1, 0.15) is 22.8 Å². The highest BCUT2D eigenvalue weighted by Crippen LogP contribution is 2.32. The molecule has 7 heteroatoms. The maximum absolute atomic E-state index is 12.4. The first-order valence-corrected chi connectivity index (χ1v) is 8.20. The standard InChI is InChI=1S/C19H20N2O5/c1-3-24-19(21-18(22)14-5-4-6-15(10-14)23-2)20-11-13-7-8-16-17(9-13)26-12-25-16/h4-10H,3,11-12H2,1-2H3,(H,20,21,22). The number of aliphatic imine (C=N–C) groups is 1. The highest BCUT2D eigenvalue weighted by atomic mass is 16.7. The third kappa shape index (κ3) is 4.24. The summed E-state index contributed by atoms with van der Waals surface area (Å²) in [6.07, 6.45) is 0. The molecule has 1 aliphatic heterocycles. The Kier molecular flexibility index (Phi) is 5.58. The predicted molar refractivity (Wildman–Crippen MR) is 95.8 cm³/mol. The summed E-state index contributed by atoms with van der Waals surface area (Å²) in [5.41, 5.74) is 1.38. The van der Waals surface area contributed by atoms with Gasteiger partial charge in [0.25, 0.3) is 11.9 Å². The molecule has 26 heavy (non-hydrogen) atoms. The van der Waals surface area contributed by atoms with Crippen molar-refractivity contribution in [1.82, 2.24) is 5.32 Å². The summed E-state index contributed by atoms with van der Waals surface area (Å²) in [5.74, 6) is 1.69. The molecule has 0 atom stereocenters. The Hall–Kier alpha value is -3.22. The van der Waals surface area contributed by atoms with E-state index in [-0.39, 0.29) is 18.7 Å². The van der Waals surface area contributed by atoms with Gasteiger partial charge in [0.2, 0.25) is 6.79 Å². The summed E-state index contributed by atoms with van der Waals surface area (Å²) in [6, 6.07) is 12.6. The molecule has 0 radical (unpaired) electrons. The van der Waals surface area contributed by atoms with Gasteiger partial charge >= 0.3 is 0 Å². The van der Waals surface area contributed by atoms with Gasteiger partial charge in [0.15, 0.2) is 11.5 Å². The average Bonchev–Trinajstić information content (AvgIpc) is 3.14. The van der Waals surface area contributed by atoms with Crippen molar-refractivity contribution in [2.45, 2.75) is 13.5 Å². The third-order valence-corrected chi connectivity index (χ3v) is 3.68. The number of hydrogen-bond acceptors (Lipinski definition) is 6. The minimum Gasteiger partial charge on any atom is -0.497 e. The van der Waals surface area contributed by atoms with E-state index >= 15 is 0 Å². The smallest absolute Gasteiger partial charge is 0.292 e. The van der Waals surface area contributed by atoms with Crippen LogP contribution in [0.4, 0.5) is 0 Å². The van der Waals surface area contributed by atoms with Crippen molar-refractivity contribution in [3.8, 4) is 17.2 Å². The number of carbonyl (C=O) groups is 1. The number of methoxy groups -OCH3 is 1. The molecule has 1 aliphatic rings. The van der Waals surface area contributed by atoms with Gasteiger partial charge in [-0.25, -0.2) is 4.99 Å². The van der Waals surface area contributed by atoms with Crippen LogP contribution in [-0.4, -0.2) is 32.4 Å². The summed E-state index contributed by atoms with van der Waals surface area (Å²) < 4.78 is 21.2. The Balaban J connectivity index is 1.69. The first kappa shape index (κ1) is 17.6. The van der Waals surface area contributed by atoms with Crippen LogP contribution in [0.5, 0.6) is 17.2 Å². The van der Waals surface area contributed by atoms with E-state index in [0.717, 1.165) is 5.56 Å². The second kappa shape index (κ2) is 8.24. The maximum atomic E-state index is 12.4. The van der Waals surface area contributed by atoms with E-state index in [1.165, 1.54) is 0 Å². The number of nitrogens with one attached hydrogen (secondary N) is 1. The van der Waals surface area contributed by atoms with Crippen LogP contribution in [-0.2, 0) is 11.3 Å². The van der Waals surface area contributed by atoms with E-state index in [0.29, 0.717) is 36.0 Å². The first-order chi connectivity index (χ1) is 12.7. The van der Waals surface area contributed by atoms with Crippen LogP contribution < -0.4 is 19.5 Å². The summed E-state index contributed by atoms with van der Waals surface area (Å²) in [5, 5.41) is 2.69. The van der Waals surface area contributed by atoms with Crippen molar-refractivity contribution in [1.29, 1.82) is 0 Å². The van der Waals surface area contributed by atoms with E-state index in [1.54, 1.807) is 31.4 Å². The molecule has 7 nitrogen and oxygen atoms in total. The number of hydrogen-bond donors (Lipinski definition) is 1. The Labute approximate surface area is 151 Å². The van der Waals surface area contributed by atoms with Crippen LogP contribution in [0.2, 0.25) is 0 Å². The van der Waals surface area contributed by atoms with Crippen molar-refractivity contribution in [2.75, 3.05) is 20.5 Å². The summed E-state index contributed by atoms with van der Waals surface area (Å²) in [7, 11) is 1.55. The van der Waals surface area contributed by atoms with Crippen molar-refractivity contribution < 1.29 is 23.7 Å². The van der Waals surface area contributed by atoms with Gasteiger partial charge in [0.05, 0.1) is 20.3 Å². The van der Waals surface area contributed by atoms with Crippen LogP contribution in [0, 0.1) is 0 Å². The first-order valence-electron chi connectivity index (χ1n) is 8.20. The molecule has 0 bridgehead atoms. The fourth-order valence-corrected chi connectivity index (χ4v) is 2.39. The van der Waals surface area contributed by atoms with Crippen LogP contribution in [0.15, 0.2) is 47.5 Å². The zero-order chi connectivity index (χ0) is 18.4. The predicted octanol–water partition coefficient (Wildman–Crippen LogP) is 2.75. The minimum atomic E-state index is -0.318. The van der Waals surface area contributed by atoms with E-state index in [9.17, 15) is 4.79 Å². The molecule has 0 spiro atoms. The van der Waals surface area contributed by atoms with Gasteiger partial charge < -0.3 is 18.9 Å². The number of carbonyl (C=O) groups excluding carboxylic acids is 1. The van der Waals surface area contributed by atoms with Gasteiger partial charge in [-0.2, -0.15) is 0 Å². The Morgan fingerprint density at radius 1 is 1.19 bits per heavy atom. The Morgan fingerprint density at radius 3 is 2.85 bits per heavy atom. The third-order valence-electron chi connectivity index (χ3n) is 3.68. The van der Waals surface area contributed by atoms with Gasteiger partial charge in [-0.3, -0.25) is 10.1 Å². The second-order valence-electron chi connectivity index (χ2n) is 5.43. The van der Waals surface area contributed by atoms with Gasteiger partial charge in [0.1, 0.15) is 5.75 Å². The number of rotatable bonds is 5. The fraction of sp³-hybridized carbons (Fsp3) is 0.263. The van der Waals surface area contributed by atoms with Crippen molar-refractivity contribution >= 4 is 11.9 Å². The quantitative estimate of drug-likeness (QED) is 0.658. The molecule has 2 aromatic rings. The number of benzene rings is 2. The molecule has 136 valence electrons. The van der Waals surface area contributed by atoms with Crippen LogP contribution >= 0.6 is 0 Å². The maximum Gasteiger partial charge on any atom is 0.292 e. The summed E-state index contributed by atoms with van der Waals surface area (Å²) in [4.78, 5) is 16.8. The summed E-state index contributed by atoms with van der Waals surface area (Å²) >= 11 is 0. The summed E-state index contributed by atoms with van der Waals surface area (Å²) in [6.45, 7) is 2.78. The van der Waals surface area contributed by atoms with Crippen molar-refractivity contribution in [2.24, 2.45) is 4.99 Å². The van der Waals surface area contributed by atoms with E-state index in [2.05, 4.69) is 10.3 Å². The molecule has 0 aromatic heterocycles. The largest absolute Gasteiger partial charge is 0.497 e. The highest BCUT2D eigenvalue weighted by Gasteiger charge is 2.14. The average molecular weight is 356 g/mol. The number of amides is 1. The molecule has 0 fully saturated rings. The molecule has 0 aliphatic carbocycles. The van der Waals surface area contributed by atoms with E-state index in [4.69, 9.17) is 18.9 Å². The lowest BCUT2D eigenvalue weighted by atomic mass is 10.2. The number of amidine groups is 1.